The molecule has 2 atom stereocenters. The van der Waals surface area contributed by atoms with Crippen molar-refractivity contribution in [3.8, 4) is 0 Å². The lowest BCUT2D eigenvalue weighted by Gasteiger charge is -2.46. The van der Waals surface area contributed by atoms with Crippen LogP contribution < -0.4 is 5.73 Å². The molecule has 1 saturated carbocycles. The summed E-state index contributed by atoms with van der Waals surface area (Å²) in [6.07, 6.45) is 3.88. The van der Waals surface area contributed by atoms with Crippen molar-refractivity contribution in [3.63, 3.8) is 0 Å². The highest BCUT2D eigenvalue weighted by atomic mass is 32.2. The molecule has 1 fully saturated rings. The summed E-state index contributed by atoms with van der Waals surface area (Å²) in [5.74, 6) is 0. The lowest BCUT2D eigenvalue weighted by atomic mass is 9.92. The number of sulfone groups is 1. The van der Waals surface area contributed by atoms with Crippen LogP contribution in [0.3, 0.4) is 0 Å². The van der Waals surface area contributed by atoms with Crippen molar-refractivity contribution in [2.75, 3.05) is 12.8 Å². The Morgan fingerprint density at radius 2 is 2.24 bits per heavy atom. The molecule has 1 aliphatic carbocycles. The van der Waals surface area contributed by atoms with E-state index in [9.17, 15) is 8.42 Å². The van der Waals surface area contributed by atoms with Crippen LogP contribution in [0.15, 0.2) is 17.5 Å². The first-order chi connectivity index (χ1) is 9.81. The molecule has 1 heterocycles. The molecule has 120 valence electrons. The van der Waals surface area contributed by atoms with Crippen LogP contribution in [0.1, 0.15) is 38.0 Å². The molecule has 2 N–H and O–H groups in total. The maximum atomic E-state index is 12.3. The van der Waals surface area contributed by atoms with Crippen LogP contribution in [-0.4, -0.2) is 42.9 Å². The van der Waals surface area contributed by atoms with E-state index in [2.05, 4.69) is 30.2 Å². The van der Waals surface area contributed by atoms with Gasteiger partial charge in [0.2, 0.25) is 0 Å². The Balaban J connectivity index is 2.39. The summed E-state index contributed by atoms with van der Waals surface area (Å²) in [7, 11) is -3.10. The van der Waals surface area contributed by atoms with Crippen molar-refractivity contribution in [3.05, 3.63) is 22.4 Å². The van der Waals surface area contributed by atoms with Gasteiger partial charge in [0.05, 0.1) is 10.8 Å². The number of nitrogens with zero attached hydrogens (tertiary/aromatic N) is 1. The van der Waals surface area contributed by atoms with Gasteiger partial charge in [0, 0.05) is 30.3 Å². The minimum absolute atomic E-state index is 0.262. The standard InChI is InChI=1S/C15H26N2O2S2/c1-12(2)17(10-13-6-5-9-20-13)15(11-16)8-4-7-14(15)21(3,18)19/h5-6,9,12,14H,4,7-8,10-11,16H2,1-3H3. The molecule has 2 rings (SSSR count). The van der Waals surface area contributed by atoms with E-state index in [1.54, 1.807) is 11.3 Å². The highest BCUT2D eigenvalue weighted by Crippen LogP contribution is 2.41. The van der Waals surface area contributed by atoms with Gasteiger partial charge in [-0.25, -0.2) is 8.42 Å². The Kier molecular flexibility index (Phi) is 5.13. The van der Waals surface area contributed by atoms with Crippen LogP contribution >= 0.6 is 11.3 Å². The second-order valence-electron chi connectivity index (χ2n) is 6.32. The van der Waals surface area contributed by atoms with E-state index in [-0.39, 0.29) is 11.3 Å². The molecule has 0 aromatic carbocycles. The predicted molar refractivity (Wildman–Crippen MR) is 89.3 cm³/mol. The van der Waals surface area contributed by atoms with E-state index in [1.807, 2.05) is 6.07 Å². The number of thiophene rings is 1. The first-order valence-electron chi connectivity index (χ1n) is 7.49. The molecule has 0 aliphatic heterocycles. The largest absolute Gasteiger partial charge is 0.329 e. The summed E-state index contributed by atoms with van der Waals surface area (Å²) in [6, 6.07) is 4.41. The zero-order valence-electron chi connectivity index (χ0n) is 13.1. The molecular formula is C15H26N2O2S2. The van der Waals surface area contributed by atoms with Crippen molar-refractivity contribution in [1.29, 1.82) is 0 Å². The van der Waals surface area contributed by atoms with E-state index >= 15 is 0 Å². The summed E-state index contributed by atoms with van der Waals surface area (Å²) in [6.45, 7) is 5.43. The number of rotatable bonds is 6. The lowest BCUT2D eigenvalue weighted by molar-refractivity contribution is 0.0609. The van der Waals surface area contributed by atoms with Gasteiger partial charge in [-0.2, -0.15) is 0 Å². The normalized spacial score (nSPS) is 26.9. The van der Waals surface area contributed by atoms with Crippen molar-refractivity contribution < 1.29 is 8.42 Å². The average Bonchev–Trinajstić information content (AvgIpc) is 3.04. The van der Waals surface area contributed by atoms with Crippen LogP contribution in [0, 0.1) is 0 Å². The smallest absolute Gasteiger partial charge is 0.152 e. The summed E-state index contributed by atoms with van der Waals surface area (Å²) in [4.78, 5) is 3.58. The second-order valence-corrected chi connectivity index (χ2v) is 9.58. The third-order valence-corrected chi connectivity index (χ3v) is 7.22. The fourth-order valence-electron chi connectivity index (χ4n) is 3.74. The van der Waals surface area contributed by atoms with E-state index in [4.69, 9.17) is 5.73 Å². The highest BCUT2D eigenvalue weighted by Gasteiger charge is 2.51. The molecule has 1 aromatic heterocycles. The molecule has 6 heteroatoms. The monoisotopic (exact) mass is 330 g/mol. The number of hydrogen-bond donors (Lipinski definition) is 1. The van der Waals surface area contributed by atoms with Crippen molar-refractivity contribution in [2.24, 2.45) is 5.73 Å². The molecular weight excluding hydrogens is 304 g/mol. The zero-order chi connectivity index (χ0) is 15.7. The molecule has 0 amide bonds. The molecule has 21 heavy (non-hydrogen) atoms. The van der Waals surface area contributed by atoms with Crippen LogP contribution in [0.5, 0.6) is 0 Å². The summed E-state index contributed by atoms with van der Waals surface area (Å²) in [5, 5.41) is 1.71. The van der Waals surface area contributed by atoms with Crippen molar-refractivity contribution in [2.45, 2.75) is 56.5 Å². The Morgan fingerprint density at radius 3 is 2.71 bits per heavy atom. The molecule has 0 bridgehead atoms. The van der Waals surface area contributed by atoms with Gasteiger partial charge in [-0.3, -0.25) is 4.90 Å². The van der Waals surface area contributed by atoms with Gasteiger partial charge in [0.25, 0.3) is 0 Å². The molecule has 2 unspecified atom stereocenters. The maximum Gasteiger partial charge on any atom is 0.152 e. The average molecular weight is 331 g/mol. The fraction of sp³-hybridized carbons (Fsp3) is 0.733. The fourth-order valence-corrected chi connectivity index (χ4v) is 6.18. The van der Waals surface area contributed by atoms with Crippen LogP contribution in [-0.2, 0) is 16.4 Å². The van der Waals surface area contributed by atoms with E-state index in [0.29, 0.717) is 6.54 Å². The highest BCUT2D eigenvalue weighted by molar-refractivity contribution is 7.91. The van der Waals surface area contributed by atoms with E-state index < -0.39 is 15.4 Å². The molecule has 1 aliphatic rings. The maximum absolute atomic E-state index is 12.3. The molecule has 0 saturated heterocycles. The van der Waals surface area contributed by atoms with Gasteiger partial charge in [0.15, 0.2) is 9.84 Å². The van der Waals surface area contributed by atoms with Crippen LogP contribution in [0.4, 0.5) is 0 Å². The quantitative estimate of drug-likeness (QED) is 0.869. The van der Waals surface area contributed by atoms with Crippen molar-refractivity contribution >= 4 is 21.2 Å². The molecule has 1 aromatic rings. The summed E-state index contributed by atoms with van der Waals surface area (Å²) >= 11 is 1.71. The Labute approximate surface area is 132 Å². The second kappa shape index (κ2) is 6.36. The Bertz CT molecular complexity index is 554. The first-order valence-corrected chi connectivity index (χ1v) is 10.3. The van der Waals surface area contributed by atoms with Gasteiger partial charge in [-0.15, -0.1) is 11.3 Å². The third-order valence-electron chi connectivity index (χ3n) is 4.65. The van der Waals surface area contributed by atoms with Gasteiger partial charge >= 0.3 is 0 Å². The minimum atomic E-state index is -3.10. The summed E-state index contributed by atoms with van der Waals surface area (Å²) in [5.41, 5.74) is 5.70. The minimum Gasteiger partial charge on any atom is -0.329 e. The first kappa shape index (κ1) is 16.9. The molecule has 0 spiro atoms. The van der Waals surface area contributed by atoms with Crippen LogP contribution in [0.25, 0.3) is 0 Å². The summed E-state index contributed by atoms with van der Waals surface area (Å²) < 4.78 is 24.5. The zero-order valence-corrected chi connectivity index (χ0v) is 14.7. The van der Waals surface area contributed by atoms with E-state index in [1.165, 1.54) is 11.1 Å². The van der Waals surface area contributed by atoms with Gasteiger partial charge in [0.1, 0.15) is 0 Å². The Morgan fingerprint density at radius 1 is 1.52 bits per heavy atom. The number of hydrogen-bond acceptors (Lipinski definition) is 5. The van der Waals surface area contributed by atoms with Crippen LogP contribution in [0.2, 0.25) is 0 Å². The third kappa shape index (κ3) is 3.33. The Hall–Kier alpha value is -0.430. The molecule has 4 nitrogen and oxygen atoms in total. The predicted octanol–water partition coefficient (Wildman–Crippen LogP) is 2.25. The number of nitrogens with two attached hydrogens (primary N) is 1. The topological polar surface area (TPSA) is 63.4 Å². The SMILES string of the molecule is CC(C)N(Cc1cccs1)C1(CN)CCCC1S(C)(=O)=O. The van der Waals surface area contributed by atoms with Gasteiger partial charge in [-0.1, -0.05) is 12.5 Å². The van der Waals surface area contributed by atoms with Gasteiger partial charge in [-0.05, 0) is 38.1 Å². The van der Waals surface area contributed by atoms with E-state index in [0.717, 1.165) is 25.8 Å². The van der Waals surface area contributed by atoms with Gasteiger partial charge < -0.3 is 5.73 Å². The molecule has 0 radical (unpaired) electrons. The van der Waals surface area contributed by atoms with Crippen molar-refractivity contribution in [1.82, 2.24) is 4.90 Å². The lowest BCUT2D eigenvalue weighted by Crippen LogP contribution is -2.62.